The molecule has 0 aliphatic heterocycles. The molecule has 118 valence electrons. The Kier molecular flexibility index (Phi) is 4.97. The fourth-order valence-electron chi connectivity index (χ4n) is 1.69. The number of rotatable bonds is 4. The topological polar surface area (TPSA) is 47.0 Å². The summed E-state index contributed by atoms with van der Waals surface area (Å²) in [7, 11) is 0. The van der Waals surface area contributed by atoms with Gasteiger partial charge in [0, 0.05) is 6.54 Å². The fourth-order valence-corrected chi connectivity index (χ4v) is 2.30. The van der Waals surface area contributed by atoms with Gasteiger partial charge in [0.1, 0.15) is 17.3 Å². The van der Waals surface area contributed by atoms with E-state index in [1.54, 1.807) is 13.0 Å². The second-order valence-corrected chi connectivity index (χ2v) is 4.99. The van der Waals surface area contributed by atoms with Crippen LogP contribution >= 0.6 is 23.2 Å². The molecule has 1 N–H and O–H groups in total. The Bertz CT molecular complexity index is 657. The zero-order chi connectivity index (χ0) is 16.3. The molecule has 2 rings (SSSR count). The maximum atomic E-state index is 12.2. The summed E-state index contributed by atoms with van der Waals surface area (Å²) >= 11 is 11.9. The number of anilines is 1. The quantitative estimate of drug-likeness (QED) is 0.817. The van der Waals surface area contributed by atoms with Gasteiger partial charge in [-0.1, -0.05) is 35.3 Å². The van der Waals surface area contributed by atoms with Crippen LogP contribution in [0.3, 0.4) is 0 Å². The molecule has 0 spiro atoms. The minimum atomic E-state index is -4.73. The van der Waals surface area contributed by atoms with Crippen molar-refractivity contribution in [1.82, 2.24) is 9.97 Å². The third-order valence-electron chi connectivity index (χ3n) is 2.53. The molecule has 0 atom stereocenters. The highest BCUT2D eigenvalue weighted by Crippen LogP contribution is 2.28. The lowest BCUT2D eigenvalue weighted by Gasteiger charge is -2.12. The molecular formula is C13H10Cl2F3N3O. The lowest BCUT2D eigenvalue weighted by Crippen LogP contribution is -2.17. The van der Waals surface area contributed by atoms with Gasteiger partial charge in [-0.25, -0.2) is 9.97 Å². The summed E-state index contributed by atoms with van der Waals surface area (Å²) in [5.74, 6) is 0.116. The second kappa shape index (κ2) is 6.58. The van der Waals surface area contributed by atoms with Crippen LogP contribution in [0, 0.1) is 6.92 Å². The number of alkyl halides is 3. The molecule has 1 aromatic heterocycles. The van der Waals surface area contributed by atoms with E-state index in [2.05, 4.69) is 20.0 Å². The van der Waals surface area contributed by atoms with Gasteiger partial charge in [-0.2, -0.15) is 0 Å². The van der Waals surface area contributed by atoms with Crippen LogP contribution in [0.1, 0.15) is 11.4 Å². The summed E-state index contributed by atoms with van der Waals surface area (Å²) in [5, 5.41) is 3.17. The Labute approximate surface area is 134 Å². The predicted molar refractivity (Wildman–Crippen MR) is 77.2 cm³/mol. The van der Waals surface area contributed by atoms with E-state index in [0.29, 0.717) is 17.1 Å². The second-order valence-electron chi connectivity index (χ2n) is 4.28. The molecule has 1 aromatic carbocycles. The summed E-state index contributed by atoms with van der Waals surface area (Å²) in [6.45, 7) is 1.82. The maximum Gasteiger partial charge on any atom is 0.573 e. The van der Waals surface area contributed by atoms with Crippen molar-refractivity contribution in [3.8, 4) is 5.75 Å². The van der Waals surface area contributed by atoms with E-state index in [4.69, 9.17) is 23.2 Å². The van der Waals surface area contributed by atoms with Gasteiger partial charge >= 0.3 is 6.36 Å². The third kappa shape index (κ3) is 4.64. The number of aromatic nitrogens is 2. The van der Waals surface area contributed by atoms with Gasteiger partial charge in [-0.3, -0.25) is 0 Å². The molecule has 0 bridgehead atoms. The number of aryl methyl sites for hydroxylation is 1. The number of nitrogens with one attached hydrogen (secondary N) is 1. The van der Waals surface area contributed by atoms with Gasteiger partial charge in [0.05, 0.1) is 0 Å². The molecule has 0 aliphatic carbocycles. The Hall–Kier alpha value is -1.73. The van der Waals surface area contributed by atoms with E-state index >= 15 is 0 Å². The summed E-state index contributed by atoms with van der Waals surface area (Å²) in [4.78, 5) is 7.89. The van der Waals surface area contributed by atoms with Crippen molar-refractivity contribution in [2.45, 2.75) is 19.8 Å². The lowest BCUT2D eigenvalue weighted by molar-refractivity contribution is -0.274. The van der Waals surface area contributed by atoms with Gasteiger partial charge in [0.2, 0.25) is 0 Å². The third-order valence-corrected chi connectivity index (χ3v) is 3.08. The van der Waals surface area contributed by atoms with E-state index in [1.165, 1.54) is 18.2 Å². The molecule has 9 heteroatoms. The highest BCUT2D eigenvalue weighted by Gasteiger charge is 2.31. The molecule has 0 aliphatic rings. The van der Waals surface area contributed by atoms with Crippen molar-refractivity contribution in [2.24, 2.45) is 0 Å². The van der Waals surface area contributed by atoms with Crippen molar-refractivity contribution >= 4 is 28.9 Å². The first kappa shape index (κ1) is 16.6. The zero-order valence-corrected chi connectivity index (χ0v) is 12.7. The van der Waals surface area contributed by atoms with Crippen molar-refractivity contribution < 1.29 is 17.9 Å². The largest absolute Gasteiger partial charge is 0.573 e. The molecule has 2 aromatic rings. The van der Waals surface area contributed by atoms with Gasteiger partial charge in [-0.15, -0.1) is 13.2 Å². The molecule has 22 heavy (non-hydrogen) atoms. The molecule has 0 saturated carbocycles. The first-order valence-corrected chi connectivity index (χ1v) is 6.78. The van der Waals surface area contributed by atoms with Crippen molar-refractivity contribution in [3.63, 3.8) is 0 Å². The number of hydrogen-bond donors (Lipinski definition) is 1. The fraction of sp³-hybridized carbons (Fsp3) is 0.231. The highest BCUT2D eigenvalue weighted by molar-refractivity contribution is 6.37. The molecule has 0 unspecified atom stereocenters. The van der Waals surface area contributed by atoms with Crippen LogP contribution in [0.5, 0.6) is 5.75 Å². The monoisotopic (exact) mass is 351 g/mol. The summed E-state index contributed by atoms with van der Waals surface area (Å²) in [6, 6.07) is 5.56. The number of halogens is 5. The van der Waals surface area contributed by atoms with E-state index in [9.17, 15) is 13.2 Å². The predicted octanol–water partition coefficient (Wildman–Crippen LogP) is 4.60. The van der Waals surface area contributed by atoms with Crippen LogP contribution in [-0.4, -0.2) is 16.3 Å². The van der Waals surface area contributed by atoms with Gasteiger partial charge < -0.3 is 10.1 Å². The minimum absolute atomic E-state index is 0.139. The maximum absolute atomic E-state index is 12.2. The minimum Gasteiger partial charge on any atom is -0.406 e. The average Bonchev–Trinajstić information content (AvgIpc) is 2.35. The molecular weight excluding hydrogens is 342 g/mol. The first-order chi connectivity index (χ1) is 10.2. The van der Waals surface area contributed by atoms with Crippen LogP contribution in [-0.2, 0) is 6.54 Å². The van der Waals surface area contributed by atoms with Crippen LogP contribution in [0.25, 0.3) is 0 Å². The Morgan fingerprint density at radius 2 is 1.82 bits per heavy atom. The lowest BCUT2D eigenvalue weighted by atomic mass is 10.2. The summed E-state index contributed by atoms with van der Waals surface area (Å²) in [5.41, 5.74) is 0.866. The van der Waals surface area contributed by atoms with Crippen LogP contribution < -0.4 is 10.1 Å². The molecule has 0 amide bonds. The number of nitrogens with zero attached hydrogens (tertiary/aromatic N) is 2. The number of hydrogen-bond acceptors (Lipinski definition) is 4. The normalized spacial score (nSPS) is 11.4. The van der Waals surface area contributed by atoms with Crippen molar-refractivity contribution in [3.05, 3.63) is 46.0 Å². The SMILES string of the molecule is Cc1nc(Cl)c(NCc2cccc(OC(F)(F)F)c2)c(Cl)n1. The number of ether oxygens (including phenoxy) is 1. The van der Waals surface area contributed by atoms with E-state index < -0.39 is 6.36 Å². The standard InChI is InChI=1S/C13H10Cl2F3N3O/c1-7-20-11(14)10(12(15)21-7)19-6-8-3-2-4-9(5-8)22-13(16,17)18/h2-5,19H,6H2,1H3. The van der Waals surface area contributed by atoms with Crippen molar-refractivity contribution in [1.29, 1.82) is 0 Å². The van der Waals surface area contributed by atoms with Gasteiger partial charge in [-0.05, 0) is 24.6 Å². The van der Waals surface area contributed by atoms with Gasteiger partial charge in [0.25, 0.3) is 0 Å². The molecule has 0 saturated heterocycles. The molecule has 1 heterocycles. The van der Waals surface area contributed by atoms with Crippen molar-refractivity contribution in [2.75, 3.05) is 5.32 Å². The number of benzene rings is 1. The summed E-state index contributed by atoms with van der Waals surface area (Å²) in [6.07, 6.45) is -4.73. The van der Waals surface area contributed by atoms with Gasteiger partial charge in [0.15, 0.2) is 10.3 Å². The Morgan fingerprint density at radius 1 is 1.18 bits per heavy atom. The van der Waals surface area contributed by atoms with Crippen LogP contribution in [0.15, 0.2) is 24.3 Å². The van der Waals surface area contributed by atoms with E-state index in [-0.39, 0.29) is 22.6 Å². The van der Waals surface area contributed by atoms with Crippen LogP contribution in [0.4, 0.5) is 18.9 Å². The average molecular weight is 352 g/mol. The highest BCUT2D eigenvalue weighted by atomic mass is 35.5. The first-order valence-electron chi connectivity index (χ1n) is 6.03. The molecule has 0 radical (unpaired) electrons. The van der Waals surface area contributed by atoms with Crippen LogP contribution in [0.2, 0.25) is 10.3 Å². The zero-order valence-electron chi connectivity index (χ0n) is 11.2. The molecule has 0 fully saturated rings. The Balaban J connectivity index is 2.11. The molecule has 4 nitrogen and oxygen atoms in total. The Morgan fingerprint density at radius 3 is 2.41 bits per heavy atom. The smallest absolute Gasteiger partial charge is 0.406 e. The summed E-state index contributed by atoms with van der Waals surface area (Å²) < 4.78 is 40.4. The van der Waals surface area contributed by atoms with E-state index in [1.807, 2.05) is 0 Å². The van der Waals surface area contributed by atoms with E-state index in [0.717, 1.165) is 0 Å².